The van der Waals surface area contributed by atoms with Gasteiger partial charge in [-0.05, 0) is 38.2 Å². The molecule has 0 bridgehead atoms. The molecule has 45 heavy (non-hydrogen) atoms. The van der Waals surface area contributed by atoms with Crippen LogP contribution in [-0.2, 0) is 43.2 Å². The minimum absolute atomic E-state index is 0.0463. The average molecular weight is 635 g/mol. The number of aliphatic hydroxyl groups is 1. The van der Waals surface area contributed by atoms with Crippen LogP contribution in [0, 0.1) is 0 Å². The zero-order chi connectivity index (χ0) is 33.6. The van der Waals surface area contributed by atoms with Crippen LogP contribution in [0.5, 0.6) is 0 Å². The minimum Gasteiger partial charge on any atom is -0.396 e. The molecule has 0 spiro atoms. The van der Waals surface area contributed by atoms with Crippen LogP contribution in [0.4, 0.5) is 0 Å². The first-order valence-corrected chi connectivity index (χ1v) is 14.6. The number of nitrogens with one attached hydrogen (secondary N) is 4. The molecule has 0 aliphatic carbocycles. The van der Waals surface area contributed by atoms with Crippen LogP contribution in [0.15, 0.2) is 24.3 Å². The summed E-state index contributed by atoms with van der Waals surface area (Å²) >= 11 is 0. The molecule has 0 radical (unpaired) electrons. The summed E-state index contributed by atoms with van der Waals surface area (Å²) in [6.45, 7) is 0.147. The van der Waals surface area contributed by atoms with E-state index in [-0.39, 0.29) is 64.9 Å². The number of likely N-dealkylation sites (N-methyl/N-ethyl adjacent to an activating group) is 1. The molecular formula is C29H42N6O10. The van der Waals surface area contributed by atoms with Crippen molar-refractivity contribution in [3.63, 3.8) is 0 Å². The summed E-state index contributed by atoms with van der Waals surface area (Å²) in [6.07, 6.45) is 6.57. The van der Waals surface area contributed by atoms with Crippen LogP contribution < -0.4 is 21.3 Å². The lowest BCUT2D eigenvalue weighted by molar-refractivity contribution is -0.137. The van der Waals surface area contributed by atoms with E-state index < -0.39 is 53.4 Å². The van der Waals surface area contributed by atoms with Gasteiger partial charge in [0.15, 0.2) is 0 Å². The monoisotopic (exact) mass is 634 g/mol. The Hall–Kier alpha value is -4.73. The van der Waals surface area contributed by atoms with Gasteiger partial charge in [-0.1, -0.05) is 0 Å². The van der Waals surface area contributed by atoms with Crippen molar-refractivity contribution in [2.24, 2.45) is 0 Å². The number of hydrogen-bond acceptors (Lipinski definition) is 10. The van der Waals surface area contributed by atoms with E-state index in [1.165, 1.54) is 11.9 Å². The van der Waals surface area contributed by atoms with Gasteiger partial charge in [-0.2, -0.15) is 0 Å². The Bertz CT molecular complexity index is 1120. The van der Waals surface area contributed by atoms with Crippen LogP contribution in [0.1, 0.15) is 51.4 Å². The van der Waals surface area contributed by atoms with E-state index in [0.29, 0.717) is 31.8 Å². The number of carbonyl (C=O) groups excluding carboxylic acids is 9. The second-order valence-electron chi connectivity index (χ2n) is 10.0. The SMILES string of the molecule is CN(CCCC(=O)N[C@@H](C(=O)NCCCC=O)C(NC(=O)CCCN1C(=O)C=CC1=O)C(=O)NCCCCO)C(=O)/C=C\C=O. The Balaban J connectivity index is 3.03. The van der Waals surface area contributed by atoms with Crippen molar-refractivity contribution in [1.29, 1.82) is 0 Å². The summed E-state index contributed by atoms with van der Waals surface area (Å²) in [5.74, 6) is -4.39. The quantitative estimate of drug-likeness (QED) is 0.0347. The Morgan fingerprint density at radius 1 is 0.844 bits per heavy atom. The van der Waals surface area contributed by atoms with Crippen molar-refractivity contribution in [1.82, 2.24) is 31.1 Å². The Morgan fingerprint density at radius 2 is 1.40 bits per heavy atom. The number of amides is 7. The number of allylic oxidation sites excluding steroid dienone is 1. The maximum atomic E-state index is 13.2. The van der Waals surface area contributed by atoms with E-state index in [1.54, 1.807) is 0 Å². The van der Waals surface area contributed by atoms with E-state index in [9.17, 15) is 43.2 Å². The molecule has 16 nitrogen and oxygen atoms in total. The number of carbonyl (C=O) groups is 9. The molecule has 1 rings (SSSR count). The fourth-order valence-electron chi connectivity index (χ4n) is 4.04. The lowest BCUT2D eigenvalue weighted by atomic mass is 10.0. The van der Waals surface area contributed by atoms with E-state index in [2.05, 4.69) is 21.3 Å². The molecule has 5 N–H and O–H groups in total. The normalized spacial score (nSPS) is 13.7. The van der Waals surface area contributed by atoms with Crippen molar-refractivity contribution in [2.45, 2.75) is 63.5 Å². The zero-order valence-corrected chi connectivity index (χ0v) is 25.3. The zero-order valence-electron chi connectivity index (χ0n) is 25.3. The topological polar surface area (TPSA) is 228 Å². The van der Waals surface area contributed by atoms with Crippen molar-refractivity contribution in [3.05, 3.63) is 24.3 Å². The molecule has 0 fully saturated rings. The molecule has 16 heteroatoms. The second-order valence-corrected chi connectivity index (χ2v) is 10.0. The standard InChI is InChI=1S/C29H42N6O10/c1-34(23(41)11-8-20-38)16-6-9-21(39)32-26(28(44)30-14-2-4-18-36)27(29(45)31-15-3-5-19-37)33-22(40)10-7-17-35-24(42)12-13-25(35)43/h8,11-13,18,20,26-27,37H,2-7,9-10,14-17,19H2,1H3,(H,30,44)(H,31,45)(H,32,39)(H,33,40)/b11-8-/t26-,27?/m1/s1. The number of aldehydes is 2. The molecule has 0 saturated heterocycles. The maximum Gasteiger partial charge on any atom is 0.253 e. The lowest BCUT2D eigenvalue weighted by Gasteiger charge is -2.28. The van der Waals surface area contributed by atoms with Gasteiger partial charge in [-0.3, -0.25) is 43.3 Å². The highest BCUT2D eigenvalue weighted by molar-refractivity contribution is 6.12. The number of imide groups is 1. The Labute approximate surface area is 261 Å². The Kier molecular flexibility index (Phi) is 18.6. The van der Waals surface area contributed by atoms with E-state index in [4.69, 9.17) is 5.11 Å². The van der Waals surface area contributed by atoms with Crippen LogP contribution in [0.2, 0.25) is 0 Å². The van der Waals surface area contributed by atoms with Crippen molar-refractivity contribution < 1.29 is 48.3 Å². The van der Waals surface area contributed by atoms with E-state index in [1.807, 2.05) is 0 Å². The first-order valence-electron chi connectivity index (χ1n) is 14.6. The van der Waals surface area contributed by atoms with Gasteiger partial charge >= 0.3 is 0 Å². The van der Waals surface area contributed by atoms with Gasteiger partial charge in [-0.25, -0.2) is 0 Å². The highest BCUT2D eigenvalue weighted by atomic mass is 16.3. The fourth-order valence-corrected chi connectivity index (χ4v) is 4.04. The molecule has 0 saturated carbocycles. The summed E-state index contributed by atoms with van der Waals surface area (Å²) in [6, 6.07) is -3.15. The van der Waals surface area contributed by atoms with Gasteiger partial charge in [0.05, 0.1) is 0 Å². The number of nitrogens with zero attached hydrogens (tertiary/aromatic N) is 2. The molecule has 0 aromatic carbocycles. The Morgan fingerprint density at radius 3 is 1.93 bits per heavy atom. The third-order valence-corrected chi connectivity index (χ3v) is 6.49. The van der Waals surface area contributed by atoms with Gasteiger partial charge < -0.3 is 36.1 Å². The van der Waals surface area contributed by atoms with Gasteiger partial charge in [0, 0.05) is 77.3 Å². The van der Waals surface area contributed by atoms with Crippen LogP contribution >= 0.6 is 0 Å². The first kappa shape index (κ1) is 38.3. The van der Waals surface area contributed by atoms with E-state index >= 15 is 0 Å². The molecule has 1 unspecified atom stereocenters. The van der Waals surface area contributed by atoms with Gasteiger partial charge in [0.1, 0.15) is 24.7 Å². The minimum atomic E-state index is -1.57. The predicted molar refractivity (Wildman–Crippen MR) is 159 cm³/mol. The number of unbranched alkanes of at least 4 members (excludes halogenated alkanes) is 2. The molecule has 2 atom stereocenters. The van der Waals surface area contributed by atoms with Crippen molar-refractivity contribution in [2.75, 3.05) is 39.8 Å². The fraction of sp³-hybridized carbons (Fsp3) is 0.552. The molecule has 1 heterocycles. The van der Waals surface area contributed by atoms with Crippen LogP contribution in [-0.4, -0.2) is 121 Å². The summed E-state index contributed by atoms with van der Waals surface area (Å²) in [7, 11) is 1.48. The summed E-state index contributed by atoms with van der Waals surface area (Å²) in [4.78, 5) is 111. The lowest BCUT2D eigenvalue weighted by Crippen LogP contribution is -2.63. The molecule has 1 aliphatic heterocycles. The molecule has 248 valence electrons. The van der Waals surface area contributed by atoms with Gasteiger partial charge in [0.25, 0.3) is 11.8 Å². The second kappa shape index (κ2) is 21.9. The summed E-state index contributed by atoms with van der Waals surface area (Å²) < 4.78 is 0. The summed E-state index contributed by atoms with van der Waals surface area (Å²) in [5, 5.41) is 19.1. The molecular weight excluding hydrogens is 592 g/mol. The molecule has 0 aromatic rings. The van der Waals surface area contributed by atoms with Crippen molar-refractivity contribution in [3.8, 4) is 0 Å². The van der Waals surface area contributed by atoms with Crippen LogP contribution in [0.25, 0.3) is 0 Å². The third-order valence-electron chi connectivity index (χ3n) is 6.49. The molecule has 1 aliphatic rings. The van der Waals surface area contributed by atoms with E-state index in [0.717, 1.165) is 29.2 Å². The molecule has 7 amide bonds. The van der Waals surface area contributed by atoms with Gasteiger partial charge in [0.2, 0.25) is 29.5 Å². The highest BCUT2D eigenvalue weighted by Crippen LogP contribution is 2.07. The number of aliphatic hydroxyl groups excluding tert-OH is 1. The maximum absolute atomic E-state index is 13.2. The number of rotatable bonds is 23. The van der Waals surface area contributed by atoms with Gasteiger partial charge in [-0.15, -0.1) is 0 Å². The largest absolute Gasteiger partial charge is 0.396 e. The molecule has 0 aromatic heterocycles. The van der Waals surface area contributed by atoms with Crippen molar-refractivity contribution >= 4 is 53.9 Å². The van der Waals surface area contributed by atoms with Crippen LogP contribution in [0.3, 0.4) is 0 Å². The number of hydrogen-bond donors (Lipinski definition) is 5. The smallest absolute Gasteiger partial charge is 0.253 e. The third kappa shape index (κ3) is 15.0. The average Bonchev–Trinajstić information content (AvgIpc) is 3.33. The predicted octanol–water partition coefficient (Wildman–Crippen LogP) is -2.36. The highest BCUT2D eigenvalue weighted by Gasteiger charge is 2.36. The summed E-state index contributed by atoms with van der Waals surface area (Å²) in [5.41, 5.74) is 0. The first-order chi connectivity index (χ1) is 21.5.